The average Bonchev–Trinajstić information content (AvgIpc) is 2.58. The molecule has 23 heavy (non-hydrogen) atoms. The molecule has 0 aliphatic carbocycles. The Balaban J connectivity index is 1.80. The first-order valence-electron chi connectivity index (χ1n) is 7.28. The molecule has 1 N–H and O–H groups in total. The van der Waals surface area contributed by atoms with Gasteiger partial charge in [0.2, 0.25) is 0 Å². The van der Waals surface area contributed by atoms with Crippen molar-refractivity contribution >= 4 is 11.6 Å². The van der Waals surface area contributed by atoms with E-state index < -0.39 is 0 Å². The Morgan fingerprint density at radius 3 is 2.43 bits per heavy atom. The van der Waals surface area contributed by atoms with Crippen LogP contribution in [0.3, 0.4) is 0 Å². The van der Waals surface area contributed by atoms with Gasteiger partial charge < -0.3 is 10.1 Å². The molecule has 1 aromatic heterocycles. The molecule has 1 amide bonds. The van der Waals surface area contributed by atoms with E-state index in [1.54, 1.807) is 24.4 Å². The lowest BCUT2D eigenvalue weighted by Crippen LogP contribution is -2.12. The number of nitrogens with zero attached hydrogens (tertiary/aromatic N) is 1. The van der Waals surface area contributed by atoms with Crippen molar-refractivity contribution in [2.75, 3.05) is 5.32 Å². The zero-order valence-corrected chi connectivity index (χ0v) is 12.7. The van der Waals surface area contributed by atoms with Crippen molar-refractivity contribution in [3.05, 3.63) is 84.2 Å². The van der Waals surface area contributed by atoms with Crippen molar-refractivity contribution in [2.45, 2.75) is 6.92 Å². The van der Waals surface area contributed by atoms with Crippen molar-refractivity contribution in [1.29, 1.82) is 0 Å². The fourth-order valence-corrected chi connectivity index (χ4v) is 2.07. The zero-order valence-electron chi connectivity index (χ0n) is 12.7. The highest BCUT2D eigenvalue weighted by atomic mass is 16.5. The molecule has 114 valence electrons. The Morgan fingerprint density at radius 2 is 1.70 bits per heavy atom. The summed E-state index contributed by atoms with van der Waals surface area (Å²) in [5.41, 5.74) is 1.99. The van der Waals surface area contributed by atoms with Crippen molar-refractivity contribution in [3.63, 3.8) is 0 Å². The smallest absolute Gasteiger partial charge is 0.257 e. The minimum atomic E-state index is -0.221. The number of benzene rings is 2. The van der Waals surface area contributed by atoms with Gasteiger partial charge in [-0.3, -0.25) is 9.78 Å². The Kier molecular flexibility index (Phi) is 4.34. The Bertz CT molecular complexity index is 799. The molecule has 0 spiro atoms. The molecule has 0 atom stereocenters. The van der Waals surface area contributed by atoms with Crippen LogP contribution in [0.25, 0.3) is 0 Å². The maximum atomic E-state index is 12.3. The van der Waals surface area contributed by atoms with E-state index in [9.17, 15) is 4.79 Å². The van der Waals surface area contributed by atoms with Crippen LogP contribution in [0.2, 0.25) is 0 Å². The number of aromatic nitrogens is 1. The summed E-state index contributed by atoms with van der Waals surface area (Å²) in [7, 11) is 0. The second kappa shape index (κ2) is 6.75. The minimum absolute atomic E-state index is 0.221. The molecule has 0 saturated heterocycles. The van der Waals surface area contributed by atoms with Crippen molar-refractivity contribution in [1.82, 2.24) is 4.98 Å². The molecule has 0 aliphatic rings. The largest absolute Gasteiger partial charge is 0.455 e. The molecule has 1 heterocycles. The molecule has 4 nitrogen and oxygen atoms in total. The predicted octanol–water partition coefficient (Wildman–Crippen LogP) is 4.43. The van der Waals surface area contributed by atoms with Crippen molar-refractivity contribution in [2.24, 2.45) is 0 Å². The van der Waals surface area contributed by atoms with Crippen LogP contribution in [0.4, 0.5) is 5.69 Å². The van der Waals surface area contributed by atoms with E-state index in [4.69, 9.17) is 4.74 Å². The van der Waals surface area contributed by atoms with Crippen LogP contribution in [0.15, 0.2) is 72.9 Å². The third-order valence-corrected chi connectivity index (χ3v) is 3.28. The molecular formula is C19H16N2O2. The number of aryl methyl sites for hydroxylation is 1. The van der Waals surface area contributed by atoms with Gasteiger partial charge in [0.1, 0.15) is 5.75 Å². The summed E-state index contributed by atoms with van der Waals surface area (Å²) in [6.07, 6.45) is 1.56. The average molecular weight is 304 g/mol. The second-order valence-electron chi connectivity index (χ2n) is 5.05. The lowest BCUT2D eigenvalue weighted by atomic mass is 10.2. The normalized spacial score (nSPS) is 10.1. The third-order valence-electron chi connectivity index (χ3n) is 3.28. The lowest BCUT2D eigenvalue weighted by Gasteiger charge is -2.12. The lowest BCUT2D eigenvalue weighted by molar-refractivity contribution is 0.102. The SMILES string of the molecule is Cc1ccc(C(=O)Nc2ccccc2Oc2ccccc2)cn1. The summed E-state index contributed by atoms with van der Waals surface area (Å²) in [4.78, 5) is 16.5. The number of amides is 1. The summed E-state index contributed by atoms with van der Waals surface area (Å²) in [6, 6.07) is 20.3. The van der Waals surface area contributed by atoms with Crippen molar-refractivity contribution < 1.29 is 9.53 Å². The van der Waals surface area contributed by atoms with Gasteiger partial charge >= 0.3 is 0 Å². The van der Waals surface area contributed by atoms with E-state index in [0.29, 0.717) is 22.7 Å². The summed E-state index contributed by atoms with van der Waals surface area (Å²) in [6.45, 7) is 1.88. The van der Waals surface area contributed by atoms with Gasteiger partial charge in [-0.05, 0) is 43.3 Å². The first-order chi connectivity index (χ1) is 11.2. The molecule has 0 bridgehead atoms. The first kappa shape index (κ1) is 14.8. The van der Waals surface area contributed by atoms with E-state index in [-0.39, 0.29) is 5.91 Å². The summed E-state index contributed by atoms with van der Waals surface area (Å²) in [5, 5.41) is 2.86. The van der Waals surface area contributed by atoms with E-state index in [1.807, 2.05) is 55.5 Å². The highest BCUT2D eigenvalue weighted by Crippen LogP contribution is 2.29. The van der Waals surface area contributed by atoms with Crippen LogP contribution in [0.1, 0.15) is 16.1 Å². The molecule has 0 unspecified atom stereocenters. The van der Waals surface area contributed by atoms with Gasteiger partial charge in [0.25, 0.3) is 5.91 Å². The van der Waals surface area contributed by atoms with Crippen LogP contribution >= 0.6 is 0 Å². The summed E-state index contributed by atoms with van der Waals surface area (Å²) >= 11 is 0. The minimum Gasteiger partial charge on any atom is -0.455 e. The predicted molar refractivity (Wildman–Crippen MR) is 89.9 cm³/mol. The van der Waals surface area contributed by atoms with Gasteiger partial charge in [-0.15, -0.1) is 0 Å². The molecule has 0 radical (unpaired) electrons. The number of para-hydroxylation sites is 3. The molecule has 0 fully saturated rings. The second-order valence-corrected chi connectivity index (χ2v) is 5.05. The van der Waals surface area contributed by atoms with Gasteiger partial charge in [0.05, 0.1) is 11.3 Å². The summed E-state index contributed by atoms with van der Waals surface area (Å²) < 4.78 is 5.84. The highest BCUT2D eigenvalue weighted by Gasteiger charge is 2.10. The van der Waals surface area contributed by atoms with E-state index in [2.05, 4.69) is 10.3 Å². The Labute approximate surface area is 134 Å². The van der Waals surface area contributed by atoms with E-state index >= 15 is 0 Å². The van der Waals surface area contributed by atoms with E-state index in [0.717, 1.165) is 5.69 Å². The van der Waals surface area contributed by atoms with Crippen LogP contribution in [0, 0.1) is 6.92 Å². The van der Waals surface area contributed by atoms with Crippen LogP contribution in [-0.2, 0) is 0 Å². The number of pyridine rings is 1. The third kappa shape index (κ3) is 3.74. The monoisotopic (exact) mass is 304 g/mol. The van der Waals surface area contributed by atoms with Gasteiger partial charge in [-0.2, -0.15) is 0 Å². The molecule has 3 aromatic rings. The number of hydrogen-bond donors (Lipinski definition) is 1. The molecule has 0 saturated carbocycles. The van der Waals surface area contributed by atoms with E-state index in [1.165, 1.54) is 0 Å². The fourth-order valence-electron chi connectivity index (χ4n) is 2.07. The number of hydrogen-bond acceptors (Lipinski definition) is 3. The molecule has 3 rings (SSSR count). The summed E-state index contributed by atoms with van der Waals surface area (Å²) in [5.74, 6) is 1.08. The maximum Gasteiger partial charge on any atom is 0.257 e. The number of nitrogens with one attached hydrogen (secondary N) is 1. The standard InChI is InChI=1S/C19H16N2O2/c1-14-11-12-15(13-20-14)19(22)21-17-9-5-6-10-18(17)23-16-7-3-2-4-8-16/h2-13H,1H3,(H,21,22). The molecule has 0 aliphatic heterocycles. The Morgan fingerprint density at radius 1 is 0.957 bits per heavy atom. The number of ether oxygens (including phenoxy) is 1. The van der Waals surface area contributed by atoms with Crippen LogP contribution < -0.4 is 10.1 Å². The Hall–Kier alpha value is -3.14. The van der Waals surface area contributed by atoms with Crippen molar-refractivity contribution in [3.8, 4) is 11.5 Å². The number of rotatable bonds is 4. The van der Waals surface area contributed by atoms with Gasteiger partial charge in [0.15, 0.2) is 5.75 Å². The molecular weight excluding hydrogens is 288 g/mol. The van der Waals surface area contributed by atoms with Gasteiger partial charge in [-0.1, -0.05) is 30.3 Å². The highest BCUT2D eigenvalue weighted by molar-refractivity contribution is 6.04. The molecule has 4 heteroatoms. The zero-order chi connectivity index (χ0) is 16.1. The topological polar surface area (TPSA) is 51.2 Å². The quantitative estimate of drug-likeness (QED) is 0.775. The fraction of sp³-hybridized carbons (Fsp3) is 0.0526. The van der Waals surface area contributed by atoms with Crippen LogP contribution in [0.5, 0.6) is 11.5 Å². The first-order valence-corrected chi connectivity index (χ1v) is 7.28. The molecule has 2 aromatic carbocycles. The number of carbonyl (C=O) groups excluding carboxylic acids is 1. The maximum absolute atomic E-state index is 12.3. The number of anilines is 1. The van der Waals surface area contributed by atoms with Gasteiger partial charge in [-0.25, -0.2) is 0 Å². The number of carbonyl (C=O) groups is 1. The van der Waals surface area contributed by atoms with Gasteiger partial charge in [0, 0.05) is 11.9 Å². The van der Waals surface area contributed by atoms with Crippen LogP contribution in [-0.4, -0.2) is 10.9 Å².